The largest absolute Gasteiger partial charge is 0.357 e. The minimum absolute atomic E-state index is 0.0376. The van der Waals surface area contributed by atoms with Gasteiger partial charge in [-0.3, -0.25) is 4.79 Å². The molecule has 1 aliphatic rings. The first-order valence-electron chi connectivity index (χ1n) is 10.6. The Morgan fingerprint density at radius 2 is 1.97 bits per heavy atom. The average molecular weight is 423 g/mol. The Morgan fingerprint density at radius 3 is 2.65 bits per heavy atom. The number of benzene rings is 1. The van der Waals surface area contributed by atoms with Gasteiger partial charge in [-0.15, -0.1) is 0 Å². The van der Waals surface area contributed by atoms with Gasteiger partial charge in [-0.25, -0.2) is 9.37 Å². The topological polar surface area (TPSA) is 84.2 Å². The van der Waals surface area contributed by atoms with Crippen molar-refractivity contribution in [2.45, 2.75) is 39.2 Å². The third kappa shape index (κ3) is 5.07. The lowest BCUT2D eigenvalue weighted by Crippen LogP contribution is -2.40. The Balaban J connectivity index is 1.33. The van der Waals surface area contributed by atoms with Crippen LogP contribution in [0.3, 0.4) is 0 Å². The lowest BCUT2D eigenvalue weighted by molar-refractivity contribution is -0.125. The molecule has 0 unspecified atom stereocenters. The molecular formula is C23H26FN5O2. The molecule has 1 N–H and O–H groups in total. The average Bonchev–Trinajstić information content (AvgIpc) is 3.30. The van der Waals surface area contributed by atoms with E-state index in [1.807, 2.05) is 26.0 Å². The fourth-order valence-electron chi connectivity index (χ4n) is 3.62. The maximum atomic E-state index is 13.0. The number of rotatable bonds is 6. The van der Waals surface area contributed by atoms with Crippen LogP contribution in [-0.4, -0.2) is 34.1 Å². The van der Waals surface area contributed by atoms with Crippen molar-refractivity contribution in [1.82, 2.24) is 20.4 Å². The molecule has 1 saturated heterocycles. The number of aromatic nitrogens is 3. The molecule has 1 aliphatic heterocycles. The van der Waals surface area contributed by atoms with E-state index in [2.05, 4.69) is 25.3 Å². The summed E-state index contributed by atoms with van der Waals surface area (Å²) in [7, 11) is 0. The molecule has 2 aromatic heterocycles. The Morgan fingerprint density at radius 1 is 1.23 bits per heavy atom. The van der Waals surface area contributed by atoms with Crippen LogP contribution in [0.15, 0.2) is 47.1 Å². The lowest BCUT2D eigenvalue weighted by Gasteiger charge is -2.32. The van der Waals surface area contributed by atoms with Crippen molar-refractivity contribution < 1.29 is 13.7 Å². The van der Waals surface area contributed by atoms with Gasteiger partial charge in [0.25, 0.3) is 5.89 Å². The van der Waals surface area contributed by atoms with E-state index >= 15 is 0 Å². The molecule has 3 aromatic rings. The van der Waals surface area contributed by atoms with Crippen LogP contribution in [0, 0.1) is 11.7 Å². The molecular weight excluding hydrogens is 397 g/mol. The van der Waals surface area contributed by atoms with E-state index in [-0.39, 0.29) is 23.6 Å². The molecule has 0 bridgehead atoms. The molecule has 4 rings (SSSR count). The number of hydrogen-bond donors (Lipinski definition) is 1. The van der Waals surface area contributed by atoms with Crippen LogP contribution in [0.1, 0.15) is 44.0 Å². The normalized spacial score (nSPS) is 14.8. The van der Waals surface area contributed by atoms with Gasteiger partial charge in [0.15, 0.2) is 5.82 Å². The van der Waals surface area contributed by atoms with Crippen LogP contribution in [-0.2, 0) is 11.3 Å². The number of hydrogen-bond acceptors (Lipinski definition) is 6. The second-order valence-electron chi connectivity index (χ2n) is 8.12. The maximum Gasteiger partial charge on any atom is 0.258 e. The van der Waals surface area contributed by atoms with Gasteiger partial charge in [-0.1, -0.05) is 31.1 Å². The standard InChI is InChI=1S/C23H26FN5O2/c1-15(2)21-27-23(31-28-21)18-7-10-25-20(13-18)29-11-8-17(9-12-29)22(30)26-14-16-3-5-19(24)6-4-16/h3-7,10,13,15,17H,8-9,11-12,14H2,1-2H3,(H,26,30). The number of amides is 1. The van der Waals surface area contributed by atoms with E-state index in [1.54, 1.807) is 18.3 Å². The van der Waals surface area contributed by atoms with Gasteiger partial charge in [0.1, 0.15) is 11.6 Å². The summed E-state index contributed by atoms with van der Waals surface area (Å²) < 4.78 is 18.4. The van der Waals surface area contributed by atoms with Crippen LogP contribution in [0.2, 0.25) is 0 Å². The number of nitrogens with one attached hydrogen (secondary N) is 1. The highest BCUT2D eigenvalue weighted by molar-refractivity contribution is 5.79. The van der Waals surface area contributed by atoms with Gasteiger partial charge >= 0.3 is 0 Å². The molecule has 31 heavy (non-hydrogen) atoms. The van der Waals surface area contributed by atoms with Gasteiger partial charge in [0.2, 0.25) is 5.91 Å². The van der Waals surface area contributed by atoms with Gasteiger partial charge < -0.3 is 14.7 Å². The van der Waals surface area contributed by atoms with Crippen molar-refractivity contribution in [3.8, 4) is 11.5 Å². The smallest absolute Gasteiger partial charge is 0.258 e. The second kappa shape index (κ2) is 9.24. The van der Waals surface area contributed by atoms with Crippen molar-refractivity contribution in [1.29, 1.82) is 0 Å². The van der Waals surface area contributed by atoms with Crippen LogP contribution in [0.5, 0.6) is 0 Å². The number of carbonyl (C=O) groups is 1. The predicted molar refractivity (Wildman–Crippen MR) is 115 cm³/mol. The molecule has 8 heteroatoms. The predicted octanol–water partition coefficient (Wildman–Crippen LogP) is 3.93. The van der Waals surface area contributed by atoms with E-state index in [0.29, 0.717) is 18.3 Å². The van der Waals surface area contributed by atoms with Crippen LogP contribution >= 0.6 is 0 Å². The van der Waals surface area contributed by atoms with Crippen molar-refractivity contribution in [3.63, 3.8) is 0 Å². The first-order valence-corrected chi connectivity index (χ1v) is 10.6. The van der Waals surface area contributed by atoms with E-state index in [1.165, 1.54) is 12.1 Å². The minimum atomic E-state index is -0.278. The highest BCUT2D eigenvalue weighted by Crippen LogP contribution is 2.26. The molecule has 0 atom stereocenters. The fraction of sp³-hybridized carbons (Fsp3) is 0.391. The second-order valence-corrected chi connectivity index (χ2v) is 8.12. The van der Waals surface area contributed by atoms with Crippen LogP contribution < -0.4 is 10.2 Å². The third-order valence-electron chi connectivity index (χ3n) is 5.52. The summed E-state index contributed by atoms with van der Waals surface area (Å²) >= 11 is 0. The molecule has 0 saturated carbocycles. The van der Waals surface area contributed by atoms with Crippen molar-refractivity contribution in [3.05, 3.63) is 59.8 Å². The number of nitrogens with zero attached hydrogens (tertiary/aromatic N) is 4. The molecule has 1 amide bonds. The summed E-state index contributed by atoms with van der Waals surface area (Å²) in [4.78, 5) is 23.6. The Labute approximate surface area is 180 Å². The van der Waals surface area contributed by atoms with Crippen molar-refractivity contribution >= 4 is 11.7 Å². The number of piperidine rings is 1. The maximum absolute atomic E-state index is 13.0. The summed E-state index contributed by atoms with van der Waals surface area (Å²) in [6, 6.07) is 9.98. The lowest BCUT2D eigenvalue weighted by atomic mass is 9.95. The first kappa shape index (κ1) is 21.0. The molecule has 1 fully saturated rings. The molecule has 7 nitrogen and oxygen atoms in total. The summed E-state index contributed by atoms with van der Waals surface area (Å²) in [6.45, 7) is 5.93. The van der Waals surface area contributed by atoms with Gasteiger partial charge in [-0.05, 0) is 42.7 Å². The highest BCUT2D eigenvalue weighted by Gasteiger charge is 2.26. The first-order chi connectivity index (χ1) is 15.0. The quantitative estimate of drug-likeness (QED) is 0.647. The van der Waals surface area contributed by atoms with E-state index < -0.39 is 0 Å². The van der Waals surface area contributed by atoms with Gasteiger partial charge in [0, 0.05) is 43.2 Å². The van der Waals surface area contributed by atoms with Crippen LogP contribution in [0.25, 0.3) is 11.5 Å². The Kier molecular flexibility index (Phi) is 6.25. The molecule has 0 aliphatic carbocycles. The zero-order valence-electron chi connectivity index (χ0n) is 17.7. The monoisotopic (exact) mass is 423 g/mol. The number of halogens is 1. The summed E-state index contributed by atoms with van der Waals surface area (Å²) in [5.41, 5.74) is 1.72. The van der Waals surface area contributed by atoms with Gasteiger partial charge in [0.05, 0.1) is 0 Å². The molecule has 3 heterocycles. The number of carbonyl (C=O) groups excluding carboxylic acids is 1. The molecule has 162 valence electrons. The van der Waals surface area contributed by atoms with Gasteiger partial charge in [-0.2, -0.15) is 4.98 Å². The summed E-state index contributed by atoms with van der Waals surface area (Å²) in [5, 5.41) is 6.99. The van der Waals surface area contributed by atoms with E-state index in [0.717, 1.165) is 42.9 Å². The summed E-state index contributed by atoms with van der Waals surface area (Å²) in [6.07, 6.45) is 3.24. The molecule has 0 spiro atoms. The molecule has 1 aromatic carbocycles. The fourth-order valence-corrected chi connectivity index (χ4v) is 3.62. The van der Waals surface area contributed by atoms with Crippen LogP contribution in [0.4, 0.5) is 10.2 Å². The van der Waals surface area contributed by atoms with Crippen molar-refractivity contribution in [2.75, 3.05) is 18.0 Å². The summed E-state index contributed by atoms with van der Waals surface area (Å²) in [5.74, 6) is 1.93. The highest BCUT2D eigenvalue weighted by atomic mass is 19.1. The number of anilines is 1. The minimum Gasteiger partial charge on any atom is -0.357 e. The zero-order valence-corrected chi connectivity index (χ0v) is 17.7. The van der Waals surface area contributed by atoms with E-state index in [4.69, 9.17) is 4.52 Å². The van der Waals surface area contributed by atoms with Crippen molar-refractivity contribution in [2.24, 2.45) is 5.92 Å². The Hall–Kier alpha value is -3.29. The zero-order chi connectivity index (χ0) is 21.8. The Bertz CT molecular complexity index is 1030. The third-order valence-corrected chi connectivity index (χ3v) is 5.52. The number of pyridine rings is 1. The SMILES string of the molecule is CC(C)c1noc(-c2ccnc(N3CCC(C(=O)NCc4ccc(F)cc4)CC3)c2)n1. The van der Waals surface area contributed by atoms with E-state index in [9.17, 15) is 9.18 Å². The molecule has 0 radical (unpaired) electrons.